The first-order valence-corrected chi connectivity index (χ1v) is 9.68. The van der Waals surface area contributed by atoms with Crippen LogP contribution < -0.4 is 0 Å². The quantitative estimate of drug-likeness (QED) is 0.539. The second kappa shape index (κ2) is 7.23. The number of ketones is 1. The van der Waals surface area contributed by atoms with E-state index in [1.54, 1.807) is 6.20 Å². The molecule has 1 unspecified atom stereocenters. The molecule has 2 aromatic rings. The zero-order valence-electron chi connectivity index (χ0n) is 13.7. The van der Waals surface area contributed by atoms with E-state index < -0.39 is 5.92 Å². The van der Waals surface area contributed by atoms with Gasteiger partial charge in [-0.25, -0.2) is 4.98 Å². The van der Waals surface area contributed by atoms with Gasteiger partial charge in [-0.15, -0.1) is 11.3 Å². The molecule has 4 nitrogen and oxygen atoms in total. The van der Waals surface area contributed by atoms with E-state index in [4.69, 9.17) is 0 Å². The topological polar surface area (TPSA) is 59.9 Å². The first-order chi connectivity index (χ1) is 11.5. The van der Waals surface area contributed by atoms with Crippen molar-refractivity contribution in [2.45, 2.75) is 39.0 Å². The Labute approximate surface area is 153 Å². The van der Waals surface area contributed by atoms with Crippen LogP contribution in [0.1, 0.15) is 42.7 Å². The lowest BCUT2D eigenvalue weighted by Crippen LogP contribution is -2.22. The van der Waals surface area contributed by atoms with E-state index in [0.717, 1.165) is 45.6 Å². The van der Waals surface area contributed by atoms with Crippen molar-refractivity contribution in [3.63, 3.8) is 0 Å². The minimum absolute atomic E-state index is 0.00874. The third-order valence-electron chi connectivity index (χ3n) is 4.61. The van der Waals surface area contributed by atoms with Crippen molar-refractivity contribution >= 4 is 39.3 Å². The Morgan fingerprint density at radius 2 is 2.21 bits per heavy atom. The SMILES string of the molecule is Cc1sc(-c2ccc(Br)cn2)nc1C(C=O)C(=O)[C@@H]1CC[C@@H](C)C1. The Bertz CT molecular complexity index is 757. The Kier molecular flexibility index (Phi) is 5.25. The Hall–Kier alpha value is -1.40. The van der Waals surface area contributed by atoms with Gasteiger partial charge in [-0.2, -0.15) is 0 Å². The summed E-state index contributed by atoms with van der Waals surface area (Å²) in [6.45, 7) is 4.07. The molecular weight excluding hydrogens is 388 g/mol. The molecule has 126 valence electrons. The van der Waals surface area contributed by atoms with Gasteiger partial charge in [0.1, 0.15) is 17.2 Å². The molecule has 1 aliphatic carbocycles. The molecule has 2 aromatic heterocycles. The summed E-state index contributed by atoms with van der Waals surface area (Å²) in [5, 5.41) is 0.745. The molecule has 24 heavy (non-hydrogen) atoms. The molecule has 1 aliphatic rings. The first kappa shape index (κ1) is 17.4. The van der Waals surface area contributed by atoms with E-state index in [-0.39, 0.29) is 11.7 Å². The van der Waals surface area contributed by atoms with Gasteiger partial charge >= 0.3 is 0 Å². The zero-order chi connectivity index (χ0) is 17.3. The van der Waals surface area contributed by atoms with Crippen LogP contribution in [0.25, 0.3) is 10.7 Å². The van der Waals surface area contributed by atoms with Gasteiger partial charge in [0.15, 0.2) is 5.78 Å². The molecule has 0 saturated heterocycles. The van der Waals surface area contributed by atoms with Gasteiger partial charge in [0.2, 0.25) is 0 Å². The Balaban J connectivity index is 1.88. The number of carbonyl (C=O) groups excluding carboxylic acids is 2. The maximum atomic E-state index is 12.8. The second-order valence-corrected chi connectivity index (χ2v) is 8.57. The summed E-state index contributed by atoms with van der Waals surface area (Å²) in [5.41, 5.74) is 1.35. The van der Waals surface area contributed by atoms with E-state index >= 15 is 0 Å². The van der Waals surface area contributed by atoms with Gasteiger partial charge in [-0.1, -0.05) is 6.92 Å². The Morgan fingerprint density at radius 1 is 1.42 bits per heavy atom. The van der Waals surface area contributed by atoms with Gasteiger partial charge in [0.25, 0.3) is 0 Å². The number of aryl methyl sites for hydroxylation is 1. The highest BCUT2D eigenvalue weighted by Crippen LogP contribution is 2.36. The summed E-state index contributed by atoms with van der Waals surface area (Å²) in [6.07, 6.45) is 5.30. The van der Waals surface area contributed by atoms with E-state index in [1.807, 2.05) is 19.1 Å². The lowest BCUT2D eigenvalue weighted by molar-refractivity contribution is -0.127. The standard InChI is InChI=1S/C18H19BrN2O2S/c1-10-3-4-12(7-10)17(23)14(9-22)16-11(2)24-18(21-16)15-6-5-13(19)8-20-15/h5-6,8-10,12,14H,3-4,7H2,1-2H3/t10-,12-,14?/m1/s1. The minimum atomic E-state index is -0.749. The molecule has 2 heterocycles. The number of pyridine rings is 1. The third-order valence-corrected chi connectivity index (χ3v) is 6.09. The molecule has 0 N–H and O–H groups in total. The predicted molar refractivity (Wildman–Crippen MR) is 98.1 cm³/mol. The summed E-state index contributed by atoms with van der Waals surface area (Å²) < 4.78 is 0.899. The van der Waals surface area contributed by atoms with Crippen molar-refractivity contribution in [2.24, 2.45) is 11.8 Å². The number of aromatic nitrogens is 2. The molecule has 6 heteroatoms. The molecule has 0 amide bonds. The highest BCUT2D eigenvalue weighted by molar-refractivity contribution is 9.10. The van der Waals surface area contributed by atoms with Crippen molar-refractivity contribution < 1.29 is 9.59 Å². The molecule has 0 spiro atoms. The zero-order valence-corrected chi connectivity index (χ0v) is 16.1. The lowest BCUT2D eigenvalue weighted by Gasteiger charge is -2.13. The smallest absolute Gasteiger partial charge is 0.152 e. The molecule has 0 aliphatic heterocycles. The van der Waals surface area contributed by atoms with Crippen molar-refractivity contribution in [3.05, 3.63) is 33.4 Å². The summed E-state index contributed by atoms with van der Waals surface area (Å²) in [4.78, 5) is 34.3. The maximum absolute atomic E-state index is 12.8. The number of thiazole rings is 1. The van der Waals surface area contributed by atoms with Crippen LogP contribution in [-0.4, -0.2) is 22.0 Å². The van der Waals surface area contributed by atoms with Crippen LogP contribution in [0.15, 0.2) is 22.8 Å². The minimum Gasteiger partial charge on any atom is -0.302 e. The summed E-state index contributed by atoms with van der Waals surface area (Å²) in [7, 11) is 0. The molecule has 3 rings (SSSR count). The number of halogens is 1. The van der Waals surface area contributed by atoms with Gasteiger partial charge in [-0.05, 0) is 60.2 Å². The average Bonchev–Trinajstić information content (AvgIpc) is 3.15. The monoisotopic (exact) mass is 406 g/mol. The number of Topliss-reactive ketones (excluding diaryl/α,β-unsaturated/α-hetero) is 1. The summed E-state index contributed by atoms with van der Waals surface area (Å²) in [5.74, 6) is -0.172. The van der Waals surface area contributed by atoms with Gasteiger partial charge in [0, 0.05) is 21.5 Å². The number of hydrogen-bond donors (Lipinski definition) is 0. The van der Waals surface area contributed by atoms with E-state index in [2.05, 4.69) is 32.8 Å². The van der Waals surface area contributed by atoms with Crippen molar-refractivity contribution in [1.82, 2.24) is 9.97 Å². The average molecular weight is 407 g/mol. The van der Waals surface area contributed by atoms with Crippen LogP contribution in [-0.2, 0) is 9.59 Å². The molecule has 0 bridgehead atoms. The first-order valence-electron chi connectivity index (χ1n) is 8.08. The van der Waals surface area contributed by atoms with Crippen LogP contribution in [0.3, 0.4) is 0 Å². The van der Waals surface area contributed by atoms with Crippen LogP contribution in [0, 0.1) is 18.8 Å². The number of aldehydes is 1. The highest BCUT2D eigenvalue weighted by Gasteiger charge is 2.34. The van der Waals surface area contributed by atoms with E-state index in [9.17, 15) is 9.59 Å². The van der Waals surface area contributed by atoms with Gasteiger partial charge in [-0.3, -0.25) is 9.78 Å². The molecule has 3 atom stereocenters. The molecular formula is C18H19BrN2O2S. The number of carbonyl (C=O) groups is 2. The number of rotatable bonds is 5. The summed E-state index contributed by atoms with van der Waals surface area (Å²) in [6, 6.07) is 3.78. The van der Waals surface area contributed by atoms with Gasteiger partial charge in [0.05, 0.1) is 11.4 Å². The molecule has 1 fully saturated rings. The largest absolute Gasteiger partial charge is 0.302 e. The van der Waals surface area contributed by atoms with Crippen molar-refractivity contribution in [3.8, 4) is 10.7 Å². The summed E-state index contributed by atoms with van der Waals surface area (Å²) >= 11 is 4.84. The predicted octanol–water partition coefficient (Wildman–Crippen LogP) is 4.56. The molecule has 1 saturated carbocycles. The third kappa shape index (κ3) is 3.49. The van der Waals surface area contributed by atoms with Crippen LogP contribution in [0.5, 0.6) is 0 Å². The van der Waals surface area contributed by atoms with E-state index in [0.29, 0.717) is 11.6 Å². The fourth-order valence-corrected chi connectivity index (χ4v) is 4.47. The van der Waals surface area contributed by atoms with Crippen LogP contribution >= 0.6 is 27.3 Å². The number of hydrogen-bond acceptors (Lipinski definition) is 5. The normalized spacial score (nSPS) is 21.6. The van der Waals surface area contributed by atoms with E-state index in [1.165, 1.54) is 11.3 Å². The fourth-order valence-electron chi connectivity index (χ4n) is 3.29. The molecule has 0 radical (unpaired) electrons. The fraction of sp³-hybridized carbons (Fsp3) is 0.444. The molecule has 0 aromatic carbocycles. The Morgan fingerprint density at radius 3 is 2.79 bits per heavy atom. The van der Waals surface area contributed by atoms with Gasteiger partial charge < -0.3 is 4.79 Å². The maximum Gasteiger partial charge on any atom is 0.152 e. The van der Waals surface area contributed by atoms with Crippen molar-refractivity contribution in [1.29, 1.82) is 0 Å². The van der Waals surface area contributed by atoms with Crippen LogP contribution in [0.2, 0.25) is 0 Å². The second-order valence-electron chi connectivity index (χ2n) is 6.45. The van der Waals surface area contributed by atoms with Crippen molar-refractivity contribution in [2.75, 3.05) is 0 Å². The van der Waals surface area contributed by atoms with Crippen LogP contribution in [0.4, 0.5) is 0 Å². The highest BCUT2D eigenvalue weighted by atomic mass is 79.9. The lowest BCUT2D eigenvalue weighted by atomic mass is 9.89. The number of nitrogens with zero attached hydrogens (tertiary/aromatic N) is 2.